The van der Waals surface area contributed by atoms with Gasteiger partial charge in [-0.3, -0.25) is 0 Å². The summed E-state index contributed by atoms with van der Waals surface area (Å²) in [4.78, 5) is 0. The molecule has 1 aromatic carbocycles. The van der Waals surface area contributed by atoms with Crippen LogP contribution in [0, 0.1) is 5.92 Å². The molecule has 1 heteroatoms. The molecule has 0 aromatic heterocycles. The number of hydrogen-bond donors (Lipinski definition) is 1. The van der Waals surface area contributed by atoms with E-state index >= 15 is 0 Å². The number of hydrogen-bond acceptors (Lipinski definition) is 1. The smallest absolute Gasteiger partial charge is 0.0208 e. The molecular formula is C18H27N. The Morgan fingerprint density at radius 3 is 2.74 bits per heavy atom. The molecule has 0 saturated heterocycles. The van der Waals surface area contributed by atoms with Gasteiger partial charge < -0.3 is 5.32 Å². The third kappa shape index (κ3) is 4.50. The minimum absolute atomic E-state index is 0.662. The van der Waals surface area contributed by atoms with Crippen LogP contribution in [-0.2, 0) is 6.54 Å². The van der Waals surface area contributed by atoms with Crippen LogP contribution in [0.25, 0.3) is 0 Å². The highest BCUT2D eigenvalue weighted by Crippen LogP contribution is 2.28. The van der Waals surface area contributed by atoms with E-state index in [1.54, 1.807) is 5.57 Å². The zero-order valence-corrected chi connectivity index (χ0v) is 12.4. The fourth-order valence-electron chi connectivity index (χ4n) is 3.02. The van der Waals surface area contributed by atoms with Crippen molar-refractivity contribution in [2.45, 2.75) is 58.5 Å². The van der Waals surface area contributed by atoms with E-state index in [-0.39, 0.29) is 0 Å². The van der Waals surface area contributed by atoms with E-state index in [9.17, 15) is 0 Å². The van der Waals surface area contributed by atoms with Crippen molar-refractivity contribution in [1.29, 1.82) is 0 Å². The first-order valence-electron chi connectivity index (χ1n) is 7.72. The summed E-state index contributed by atoms with van der Waals surface area (Å²) < 4.78 is 0. The van der Waals surface area contributed by atoms with Crippen LogP contribution in [0.4, 0.5) is 0 Å². The largest absolute Gasteiger partial charge is 0.309 e. The zero-order valence-electron chi connectivity index (χ0n) is 12.4. The van der Waals surface area contributed by atoms with Crippen LogP contribution in [0.5, 0.6) is 0 Å². The maximum absolute atomic E-state index is 3.77. The van der Waals surface area contributed by atoms with Crippen LogP contribution in [0.1, 0.15) is 51.5 Å². The topological polar surface area (TPSA) is 12.0 Å². The van der Waals surface area contributed by atoms with E-state index < -0.39 is 0 Å². The molecule has 0 fully saturated rings. The molecule has 1 aromatic rings. The average Bonchev–Trinajstić information content (AvgIpc) is 2.45. The summed E-state index contributed by atoms with van der Waals surface area (Å²) in [5.74, 6) is 0.827. The van der Waals surface area contributed by atoms with Crippen molar-refractivity contribution in [3.63, 3.8) is 0 Å². The van der Waals surface area contributed by atoms with Gasteiger partial charge in [-0.1, -0.05) is 61.7 Å². The molecule has 2 atom stereocenters. The van der Waals surface area contributed by atoms with Crippen molar-refractivity contribution in [1.82, 2.24) is 5.32 Å². The summed E-state index contributed by atoms with van der Waals surface area (Å²) in [7, 11) is 0. The second-order valence-corrected chi connectivity index (χ2v) is 5.87. The lowest BCUT2D eigenvalue weighted by atomic mass is 9.82. The first kappa shape index (κ1) is 14.3. The average molecular weight is 257 g/mol. The highest BCUT2D eigenvalue weighted by atomic mass is 14.9. The second-order valence-electron chi connectivity index (χ2n) is 5.87. The Bertz CT molecular complexity index is 393. The van der Waals surface area contributed by atoms with E-state index in [1.807, 2.05) is 0 Å². The Morgan fingerprint density at radius 1 is 1.21 bits per heavy atom. The minimum Gasteiger partial charge on any atom is -0.309 e. The first-order chi connectivity index (χ1) is 9.29. The molecule has 19 heavy (non-hydrogen) atoms. The van der Waals surface area contributed by atoms with E-state index in [0.717, 1.165) is 12.5 Å². The van der Waals surface area contributed by atoms with Crippen molar-refractivity contribution in [3.8, 4) is 0 Å². The maximum Gasteiger partial charge on any atom is 0.0208 e. The van der Waals surface area contributed by atoms with Gasteiger partial charge in [0.05, 0.1) is 0 Å². The Labute approximate surface area is 118 Å². The predicted octanol–water partition coefficient (Wildman–Crippen LogP) is 4.69. The standard InChI is InChI=1S/C18H27N/c1-3-4-10-17-13-15(2)11-12-18(17)19-14-16-8-6-5-7-9-16/h5-9,11,17-19H,3-4,10,12-14H2,1-2H3/t17-,18-/m1/s1. The molecule has 0 amide bonds. The SMILES string of the molecule is CCCC[C@@H]1CC(C)=CC[C@H]1NCc1ccccc1. The molecule has 0 unspecified atom stereocenters. The molecule has 0 aliphatic heterocycles. The third-order valence-corrected chi connectivity index (χ3v) is 4.21. The van der Waals surface area contributed by atoms with Crippen LogP contribution in [0.3, 0.4) is 0 Å². The van der Waals surface area contributed by atoms with Gasteiger partial charge in [-0.2, -0.15) is 0 Å². The van der Waals surface area contributed by atoms with Crippen LogP contribution < -0.4 is 5.32 Å². The zero-order chi connectivity index (χ0) is 13.5. The fourth-order valence-corrected chi connectivity index (χ4v) is 3.02. The highest BCUT2D eigenvalue weighted by Gasteiger charge is 2.23. The van der Waals surface area contributed by atoms with Gasteiger partial charge in [-0.15, -0.1) is 0 Å². The summed E-state index contributed by atoms with van der Waals surface area (Å²) >= 11 is 0. The number of allylic oxidation sites excluding steroid dienone is 1. The normalized spacial score (nSPS) is 23.2. The molecule has 1 aliphatic carbocycles. The number of benzene rings is 1. The van der Waals surface area contributed by atoms with Crippen LogP contribution in [-0.4, -0.2) is 6.04 Å². The van der Waals surface area contributed by atoms with E-state index in [1.165, 1.54) is 37.7 Å². The van der Waals surface area contributed by atoms with Gasteiger partial charge in [0.25, 0.3) is 0 Å². The number of nitrogens with one attached hydrogen (secondary N) is 1. The summed E-state index contributed by atoms with van der Waals surface area (Å²) in [5.41, 5.74) is 2.97. The molecule has 1 N–H and O–H groups in total. The molecule has 0 heterocycles. The van der Waals surface area contributed by atoms with Crippen LogP contribution >= 0.6 is 0 Å². The van der Waals surface area contributed by atoms with Crippen molar-refractivity contribution in [2.75, 3.05) is 0 Å². The number of rotatable bonds is 6. The Kier molecular flexibility index (Phi) is 5.65. The van der Waals surface area contributed by atoms with E-state index in [2.05, 4.69) is 55.6 Å². The molecule has 1 nitrogen and oxygen atoms in total. The van der Waals surface area contributed by atoms with Gasteiger partial charge in [0, 0.05) is 12.6 Å². The van der Waals surface area contributed by atoms with Gasteiger partial charge in [0.15, 0.2) is 0 Å². The Hall–Kier alpha value is -1.08. The van der Waals surface area contributed by atoms with Crippen LogP contribution in [0.2, 0.25) is 0 Å². The van der Waals surface area contributed by atoms with Crippen molar-refractivity contribution in [3.05, 3.63) is 47.5 Å². The molecular weight excluding hydrogens is 230 g/mol. The van der Waals surface area contributed by atoms with Gasteiger partial charge in [-0.05, 0) is 37.7 Å². The quantitative estimate of drug-likeness (QED) is 0.729. The highest BCUT2D eigenvalue weighted by molar-refractivity contribution is 5.15. The Balaban J connectivity index is 1.89. The molecule has 104 valence electrons. The Morgan fingerprint density at radius 2 is 2.00 bits per heavy atom. The summed E-state index contributed by atoms with van der Waals surface area (Å²) in [6.07, 6.45) is 8.95. The second kappa shape index (κ2) is 7.49. The predicted molar refractivity (Wildman–Crippen MR) is 83.1 cm³/mol. The van der Waals surface area contributed by atoms with Crippen molar-refractivity contribution < 1.29 is 0 Å². The third-order valence-electron chi connectivity index (χ3n) is 4.21. The summed E-state index contributed by atoms with van der Waals surface area (Å²) in [6, 6.07) is 11.4. The van der Waals surface area contributed by atoms with Crippen LogP contribution in [0.15, 0.2) is 42.0 Å². The summed E-state index contributed by atoms with van der Waals surface area (Å²) in [5, 5.41) is 3.77. The van der Waals surface area contributed by atoms with Gasteiger partial charge >= 0.3 is 0 Å². The maximum atomic E-state index is 3.77. The molecule has 2 rings (SSSR count). The molecule has 0 bridgehead atoms. The van der Waals surface area contributed by atoms with E-state index in [4.69, 9.17) is 0 Å². The van der Waals surface area contributed by atoms with Crippen molar-refractivity contribution >= 4 is 0 Å². The van der Waals surface area contributed by atoms with E-state index in [0.29, 0.717) is 6.04 Å². The van der Waals surface area contributed by atoms with Gasteiger partial charge in [-0.25, -0.2) is 0 Å². The lowest BCUT2D eigenvalue weighted by molar-refractivity contribution is 0.310. The molecule has 0 radical (unpaired) electrons. The lowest BCUT2D eigenvalue weighted by Crippen LogP contribution is -2.37. The molecule has 0 spiro atoms. The molecule has 1 aliphatic rings. The van der Waals surface area contributed by atoms with Gasteiger partial charge in [0.2, 0.25) is 0 Å². The first-order valence-corrected chi connectivity index (χ1v) is 7.72. The van der Waals surface area contributed by atoms with Crippen molar-refractivity contribution in [2.24, 2.45) is 5.92 Å². The monoisotopic (exact) mass is 257 g/mol. The van der Waals surface area contributed by atoms with Gasteiger partial charge in [0.1, 0.15) is 0 Å². The minimum atomic E-state index is 0.662. The fraction of sp³-hybridized carbons (Fsp3) is 0.556. The molecule has 0 saturated carbocycles. The number of unbranched alkanes of at least 4 members (excludes halogenated alkanes) is 1. The summed E-state index contributed by atoms with van der Waals surface area (Å²) in [6.45, 7) is 5.57. The lowest BCUT2D eigenvalue weighted by Gasteiger charge is -2.31.